The summed E-state index contributed by atoms with van der Waals surface area (Å²) >= 11 is 0. The Hall–Kier alpha value is -5.76. The first kappa shape index (κ1) is 33.4. The number of carbonyl (C=O) groups excluding carboxylic acids is 3. The van der Waals surface area contributed by atoms with Crippen LogP contribution in [0.2, 0.25) is 0 Å². The van der Waals surface area contributed by atoms with Crippen LogP contribution in [0.25, 0.3) is 55.3 Å². The van der Waals surface area contributed by atoms with Gasteiger partial charge in [-0.25, -0.2) is 9.21 Å². The number of hydrogen-bond acceptors (Lipinski definition) is 6. The lowest BCUT2D eigenvalue weighted by molar-refractivity contribution is -0.172. The fraction of sp³-hybridized carbons (Fsp3) is 0.273. The van der Waals surface area contributed by atoms with Gasteiger partial charge in [-0.3, -0.25) is 9.59 Å². The molecule has 0 bridgehead atoms. The van der Waals surface area contributed by atoms with Crippen molar-refractivity contribution in [1.29, 1.82) is 0 Å². The highest BCUT2D eigenvalue weighted by Crippen LogP contribution is 2.47. The summed E-state index contributed by atoms with van der Waals surface area (Å²) in [5.74, 6) is -1.76. The van der Waals surface area contributed by atoms with E-state index >= 15 is 0 Å². The molecule has 8 nitrogen and oxygen atoms in total. The number of carbonyl (C=O) groups is 3. The normalized spacial score (nSPS) is 17.7. The summed E-state index contributed by atoms with van der Waals surface area (Å²) in [5, 5.41) is 2.66. The predicted octanol–water partition coefficient (Wildman–Crippen LogP) is 9.69. The largest absolute Gasteiger partial charge is 0.365 e. The van der Waals surface area contributed by atoms with E-state index in [0.29, 0.717) is 5.06 Å². The van der Waals surface area contributed by atoms with E-state index in [-0.39, 0.29) is 29.5 Å². The van der Waals surface area contributed by atoms with E-state index < -0.39 is 17.8 Å². The lowest BCUT2D eigenvalue weighted by Crippen LogP contribution is -2.42. The molecule has 0 radical (unpaired) electrons. The average Bonchev–Trinajstić information content (AvgIpc) is 3.43. The maximum atomic E-state index is 12.7. The van der Waals surface area contributed by atoms with Gasteiger partial charge in [0.05, 0.1) is 50.9 Å². The zero-order valence-corrected chi connectivity index (χ0v) is 30.9. The first-order valence-electron chi connectivity index (χ1n) is 17.7. The summed E-state index contributed by atoms with van der Waals surface area (Å²) in [6.45, 7) is 13.3. The number of imide groups is 1. The standard InChI is InChI=1S/C44H42N3O5/c1-25-23-43(3,4)45(7)35-21-37-33(19-31(25)35)41(34-20-32-26(2)24-44(5,6)46(8)36(32)22-38(34)51-37)29-13-9-27(10-14-29)28-11-15-30(16-12-28)42(50)52-47-39(48)17-18-40(47)49/h9-16,19-24H,17-18H2,1-8H3/q+1. The van der Waals surface area contributed by atoms with Crippen LogP contribution in [0.3, 0.4) is 0 Å². The van der Waals surface area contributed by atoms with E-state index in [2.05, 4.69) is 126 Å². The van der Waals surface area contributed by atoms with Gasteiger partial charge in [-0.05, 0) is 93.6 Å². The first-order valence-corrected chi connectivity index (χ1v) is 17.7. The molecule has 262 valence electrons. The minimum absolute atomic E-state index is 0.0491. The zero-order chi connectivity index (χ0) is 36.9. The number of allylic oxidation sites excluding steroid dienone is 2. The highest BCUT2D eigenvalue weighted by atomic mass is 16.7. The second kappa shape index (κ2) is 11.6. The molecule has 8 heteroatoms. The first-order chi connectivity index (χ1) is 24.6. The van der Waals surface area contributed by atoms with Gasteiger partial charge in [-0.2, -0.15) is 0 Å². The number of likely N-dealkylation sites (N-methyl/N-ethyl adjacent to an activating group) is 2. The van der Waals surface area contributed by atoms with E-state index in [9.17, 15) is 14.4 Å². The highest BCUT2D eigenvalue weighted by molar-refractivity contribution is 6.12. The Bertz CT molecular complexity index is 2320. The van der Waals surface area contributed by atoms with Crippen molar-refractivity contribution in [3.63, 3.8) is 0 Å². The fourth-order valence-electron chi connectivity index (χ4n) is 7.91. The minimum atomic E-state index is -0.747. The van der Waals surface area contributed by atoms with Crippen LogP contribution in [0.1, 0.15) is 75.9 Å². The number of hydrogen-bond donors (Lipinski definition) is 0. The smallest absolute Gasteiger partial charge is 0.363 e. The van der Waals surface area contributed by atoms with Crippen LogP contribution in [-0.2, 0) is 14.4 Å². The van der Waals surface area contributed by atoms with Crippen molar-refractivity contribution in [2.75, 3.05) is 23.9 Å². The molecule has 3 aliphatic heterocycles. The topological polar surface area (TPSA) is 81.5 Å². The van der Waals surface area contributed by atoms with Gasteiger partial charge in [0.15, 0.2) is 0 Å². The van der Waals surface area contributed by atoms with Gasteiger partial charge in [-0.1, -0.05) is 48.6 Å². The third-order valence-electron chi connectivity index (χ3n) is 11.2. The van der Waals surface area contributed by atoms with E-state index in [1.54, 1.807) is 12.1 Å². The summed E-state index contributed by atoms with van der Waals surface area (Å²) < 4.78 is 6.85. The minimum Gasteiger partial charge on any atom is -0.365 e. The molecule has 1 saturated heterocycles. The van der Waals surface area contributed by atoms with Crippen molar-refractivity contribution in [1.82, 2.24) is 5.06 Å². The Balaban J connectivity index is 1.24. The molecule has 1 fully saturated rings. The number of nitrogens with zero attached hydrogens (tertiary/aromatic N) is 3. The third-order valence-corrected chi connectivity index (χ3v) is 11.2. The van der Waals surface area contributed by atoms with Crippen LogP contribution in [0.15, 0.2) is 89.4 Å². The molecule has 3 aliphatic rings. The van der Waals surface area contributed by atoms with Gasteiger partial charge in [0.25, 0.3) is 11.8 Å². The SMILES string of the molecule is CC1=CC(C)(C)N(C)c2cc3[o+]c4cc5c(cc4c(-c4ccc(-c6ccc(C(=O)ON7C(=O)CCC7=O)cc6)cc4)c3cc21)C(C)=CC(C)(C)N5C. The van der Waals surface area contributed by atoms with Crippen LogP contribution in [0.5, 0.6) is 0 Å². The molecule has 5 aromatic rings. The molecule has 4 aromatic carbocycles. The quantitative estimate of drug-likeness (QED) is 0.105. The average molecular weight is 693 g/mol. The number of amides is 2. The lowest BCUT2D eigenvalue weighted by atomic mass is 9.85. The summed E-state index contributed by atoms with van der Waals surface area (Å²) in [6.07, 6.45) is 4.75. The predicted molar refractivity (Wildman–Crippen MR) is 208 cm³/mol. The molecular formula is C44H42N3O5+. The van der Waals surface area contributed by atoms with E-state index in [1.165, 1.54) is 22.3 Å². The van der Waals surface area contributed by atoms with Crippen molar-refractivity contribution in [2.24, 2.45) is 0 Å². The number of benzene rings is 4. The molecule has 0 unspecified atom stereocenters. The second-order valence-electron chi connectivity index (χ2n) is 15.4. The summed E-state index contributed by atoms with van der Waals surface area (Å²) in [5.41, 5.74) is 12.8. The van der Waals surface area contributed by atoms with Gasteiger partial charge < -0.3 is 14.6 Å². The Morgan fingerprint density at radius 2 is 1.08 bits per heavy atom. The molecule has 52 heavy (non-hydrogen) atoms. The Morgan fingerprint density at radius 3 is 1.54 bits per heavy atom. The Kier molecular flexibility index (Phi) is 7.47. The molecule has 1 aromatic heterocycles. The summed E-state index contributed by atoms with van der Waals surface area (Å²) in [4.78, 5) is 46.2. The number of anilines is 2. The monoisotopic (exact) mass is 692 g/mol. The van der Waals surface area contributed by atoms with Crippen molar-refractivity contribution >= 4 is 62.2 Å². The fourth-order valence-corrected chi connectivity index (χ4v) is 7.91. The third kappa shape index (κ3) is 5.27. The van der Waals surface area contributed by atoms with E-state index in [0.717, 1.165) is 55.6 Å². The summed E-state index contributed by atoms with van der Waals surface area (Å²) in [6, 6.07) is 24.4. The Labute approximate surface area is 303 Å². The van der Waals surface area contributed by atoms with Crippen molar-refractivity contribution < 1.29 is 23.6 Å². The van der Waals surface area contributed by atoms with E-state index in [1.807, 2.05) is 12.1 Å². The Morgan fingerprint density at radius 1 is 0.654 bits per heavy atom. The van der Waals surface area contributed by atoms with Crippen molar-refractivity contribution in [3.8, 4) is 22.3 Å². The molecule has 0 spiro atoms. The van der Waals surface area contributed by atoms with Gasteiger partial charge in [0, 0.05) is 43.6 Å². The number of fused-ring (bicyclic) bond motifs is 4. The maximum Gasteiger partial charge on any atom is 0.363 e. The van der Waals surface area contributed by atoms with Gasteiger partial charge >= 0.3 is 17.1 Å². The summed E-state index contributed by atoms with van der Waals surface area (Å²) in [7, 11) is 4.28. The number of rotatable bonds is 4. The molecule has 2 amide bonds. The van der Waals surface area contributed by atoms with Crippen LogP contribution in [-0.4, -0.2) is 48.0 Å². The zero-order valence-electron chi connectivity index (χ0n) is 30.9. The van der Waals surface area contributed by atoms with E-state index in [4.69, 9.17) is 9.25 Å². The molecule has 0 aliphatic carbocycles. The van der Waals surface area contributed by atoms with Gasteiger partial charge in [-0.15, -0.1) is 5.06 Å². The van der Waals surface area contributed by atoms with Gasteiger partial charge in [0.2, 0.25) is 0 Å². The molecule has 0 atom stereocenters. The second-order valence-corrected chi connectivity index (χ2v) is 15.4. The molecule has 8 rings (SSSR count). The van der Waals surface area contributed by atoms with Crippen LogP contribution in [0, 0.1) is 0 Å². The van der Waals surface area contributed by atoms with Crippen molar-refractivity contribution in [3.05, 3.63) is 102 Å². The van der Waals surface area contributed by atoms with Crippen LogP contribution >= 0.6 is 0 Å². The van der Waals surface area contributed by atoms with Gasteiger partial charge in [0.1, 0.15) is 0 Å². The van der Waals surface area contributed by atoms with Crippen molar-refractivity contribution in [2.45, 2.75) is 65.5 Å². The van der Waals surface area contributed by atoms with Crippen LogP contribution in [0.4, 0.5) is 11.4 Å². The molecule has 0 N–H and O–H groups in total. The molecule has 4 heterocycles. The highest BCUT2D eigenvalue weighted by Gasteiger charge is 2.35. The van der Waals surface area contributed by atoms with Crippen LogP contribution < -0.4 is 9.80 Å². The molecular weight excluding hydrogens is 650 g/mol. The number of hydroxylamine groups is 2. The maximum absolute atomic E-state index is 12.7. The molecule has 0 saturated carbocycles. The lowest BCUT2D eigenvalue weighted by Gasteiger charge is -2.40.